The number of amidine groups is 1. The van der Waals surface area contributed by atoms with Gasteiger partial charge < -0.3 is 15.4 Å². The Morgan fingerprint density at radius 1 is 1.31 bits per heavy atom. The highest BCUT2D eigenvalue weighted by Gasteiger charge is 2.31. The van der Waals surface area contributed by atoms with Gasteiger partial charge in [-0.15, -0.1) is 13.2 Å². The Bertz CT molecular complexity index is 763. The number of aliphatic imine (C=N–C) groups is 1. The summed E-state index contributed by atoms with van der Waals surface area (Å²) in [4.78, 5) is 16.0. The van der Waals surface area contributed by atoms with Gasteiger partial charge in [-0.3, -0.25) is 4.79 Å². The lowest BCUT2D eigenvalue weighted by atomic mass is 10.1. The molecule has 26 heavy (non-hydrogen) atoms. The first-order valence-corrected chi connectivity index (χ1v) is 8.04. The first kappa shape index (κ1) is 19.6. The molecule has 0 aromatic heterocycles. The first-order chi connectivity index (χ1) is 12.2. The van der Waals surface area contributed by atoms with Crippen LogP contribution >= 0.6 is 0 Å². The molecule has 1 aromatic carbocycles. The maximum atomic E-state index is 12.2. The van der Waals surface area contributed by atoms with Gasteiger partial charge in [0.05, 0.1) is 6.42 Å². The number of rotatable bonds is 5. The number of anilines is 1. The monoisotopic (exact) mass is 367 g/mol. The van der Waals surface area contributed by atoms with Gasteiger partial charge in [0.2, 0.25) is 5.91 Å². The van der Waals surface area contributed by atoms with Crippen molar-refractivity contribution in [2.24, 2.45) is 4.99 Å². The number of carbonyl (C=O) groups excluding carboxylic acids is 1. The number of allylic oxidation sites excluding steroid dienone is 2. The Hall–Kier alpha value is -2.77. The predicted molar refractivity (Wildman–Crippen MR) is 93.7 cm³/mol. The van der Waals surface area contributed by atoms with Crippen LogP contribution in [0.1, 0.15) is 33.6 Å². The highest BCUT2D eigenvalue weighted by molar-refractivity contribution is 6.16. The van der Waals surface area contributed by atoms with Crippen molar-refractivity contribution in [3.8, 4) is 5.75 Å². The zero-order valence-corrected chi connectivity index (χ0v) is 14.7. The predicted octanol–water partition coefficient (Wildman–Crippen LogP) is 4.50. The molecule has 5 nitrogen and oxygen atoms in total. The average molecular weight is 367 g/mol. The molecule has 1 fully saturated rings. The molecule has 1 aliphatic rings. The molecule has 0 saturated carbocycles. The summed E-state index contributed by atoms with van der Waals surface area (Å²) in [5, 5.41) is 5.78. The lowest BCUT2D eigenvalue weighted by Crippen LogP contribution is -2.20. The van der Waals surface area contributed by atoms with Crippen LogP contribution in [0, 0.1) is 0 Å². The van der Waals surface area contributed by atoms with Crippen molar-refractivity contribution in [2.45, 2.75) is 40.0 Å². The van der Waals surface area contributed by atoms with Crippen molar-refractivity contribution in [1.29, 1.82) is 0 Å². The van der Waals surface area contributed by atoms with Crippen LogP contribution < -0.4 is 15.4 Å². The maximum absolute atomic E-state index is 12.2. The summed E-state index contributed by atoms with van der Waals surface area (Å²) in [6.45, 7) is 5.73. The molecule has 0 spiro atoms. The molecule has 0 unspecified atom stereocenters. The van der Waals surface area contributed by atoms with E-state index < -0.39 is 6.36 Å². The number of amides is 1. The molecule has 0 bridgehead atoms. The molecule has 1 aromatic rings. The Kier molecular flexibility index (Phi) is 6.07. The van der Waals surface area contributed by atoms with Crippen LogP contribution in [-0.2, 0) is 4.79 Å². The molecule has 140 valence electrons. The second-order valence-electron chi connectivity index (χ2n) is 5.83. The van der Waals surface area contributed by atoms with Gasteiger partial charge in [0.15, 0.2) is 0 Å². The zero-order chi connectivity index (χ0) is 19.3. The number of hydrogen-bond donors (Lipinski definition) is 2. The summed E-state index contributed by atoms with van der Waals surface area (Å²) in [5.74, 6) is 0.0229. The van der Waals surface area contributed by atoms with E-state index in [9.17, 15) is 18.0 Å². The fourth-order valence-electron chi connectivity index (χ4n) is 2.21. The minimum absolute atomic E-state index is 0.156. The van der Waals surface area contributed by atoms with Gasteiger partial charge in [-0.25, -0.2) is 4.99 Å². The van der Waals surface area contributed by atoms with E-state index in [4.69, 9.17) is 0 Å². The Morgan fingerprint density at radius 3 is 2.54 bits per heavy atom. The van der Waals surface area contributed by atoms with Crippen LogP contribution in [0.25, 0.3) is 0 Å². The smallest absolute Gasteiger partial charge is 0.406 e. The van der Waals surface area contributed by atoms with E-state index in [0.717, 1.165) is 12.0 Å². The maximum Gasteiger partial charge on any atom is 0.573 e. The Balaban J connectivity index is 2.18. The van der Waals surface area contributed by atoms with Crippen molar-refractivity contribution in [3.63, 3.8) is 0 Å². The van der Waals surface area contributed by atoms with E-state index in [1.54, 1.807) is 13.1 Å². The Morgan fingerprint density at radius 2 is 1.96 bits per heavy atom. The van der Waals surface area contributed by atoms with Gasteiger partial charge >= 0.3 is 6.36 Å². The molecule has 1 amide bonds. The molecule has 2 N–H and O–H groups in total. The lowest BCUT2D eigenvalue weighted by Gasteiger charge is -2.12. The summed E-state index contributed by atoms with van der Waals surface area (Å²) in [6.07, 6.45) is -1.98. The zero-order valence-electron chi connectivity index (χ0n) is 14.7. The normalized spacial score (nSPS) is 18.8. The molecule has 2 rings (SSSR count). The number of ether oxygens (including phenoxy) is 1. The van der Waals surface area contributed by atoms with E-state index >= 15 is 0 Å². The number of benzene rings is 1. The topological polar surface area (TPSA) is 62.7 Å². The van der Waals surface area contributed by atoms with Crippen LogP contribution in [0.3, 0.4) is 0 Å². The van der Waals surface area contributed by atoms with Gasteiger partial charge in [0.1, 0.15) is 11.6 Å². The molecule has 0 atom stereocenters. The van der Waals surface area contributed by atoms with E-state index in [-0.39, 0.29) is 18.1 Å². The SMILES string of the molecule is CC/C(C)=C/N=C1/NC(=O)C/C1=C(/C)Nc1ccc(OC(F)(F)F)cc1. The third kappa shape index (κ3) is 5.65. The van der Waals surface area contributed by atoms with Gasteiger partial charge in [-0.05, 0) is 44.5 Å². The fraction of sp³-hybridized carbons (Fsp3) is 0.333. The summed E-state index contributed by atoms with van der Waals surface area (Å²) in [5.41, 5.74) is 3.05. The van der Waals surface area contributed by atoms with Gasteiger partial charge in [0.25, 0.3) is 0 Å². The number of nitrogens with one attached hydrogen (secondary N) is 2. The second kappa shape index (κ2) is 8.07. The molecule has 0 aliphatic carbocycles. The molecule has 1 saturated heterocycles. The molecule has 1 aliphatic heterocycles. The molecule has 1 heterocycles. The van der Waals surface area contributed by atoms with Crippen LogP contribution in [0.15, 0.2) is 52.3 Å². The highest BCUT2D eigenvalue weighted by Crippen LogP contribution is 2.25. The number of alkyl halides is 3. The minimum Gasteiger partial charge on any atom is -0.406 e. The summed E-state index contributed by atoms with van der Waals surface area (Å²) in [6, 6.07) is 5.36. The standard InChI is InChI=1S/C18H20F3N3O2/c1-4-11(2)10-22-17-15(9-16(25)24-17)12(3)23-13-5-7-14(8-6-13)26-18(19,20)21/h5-8,10,23H,4,9H2,1-3H3,(H,22,24,25)/b11-10+,15-12+. The van der Waals surface area contributed by atoms with Crippen molar-refractivity contribution >= 4 is 17.4 Å². The van der Waals surface area contributed by atoms with Crippen LogP contribution in [0.5, 0.6) is 5.75 Å². The van der Waals surface area contributed by atoms with Crippen molar-refractivity contribution in [3.05, 3.63) is 47.3 Å². The van der Waals surface area contributed by atoms with Crippen LogP contribution in [0.2, 0.25) is 0 Å². The second-order valence-corrected chi connectivity index (χ2v) is 5.83. The highest BCUT2D eigenvalue weighted by atomic mass is 19.4. The molecule has 0 radical (unpaired) electrons. The number of halogens is 3. The number of carbonyl (C=O) groups is 1. The summed E-state index contributed by atoms with van der Waals surface area (Å²) < 4.78 is 40.4. The van der Waals surface area contributed by atoms with Crippen molar-refractivity contribution in [1.82, 2.24) is 5.32 Å². The summed E-state index contributed by atoms with van der Waals surface area (Å²) >= 11 is 0. The molecular formula is C18H20F3N3O2. The third-order valence-electron chi connectivity index (χ3n) is 3.73. The molecule has 8 heteroatoms. The van der Waals surface area contributed by atoms with Crippen LogP contribution in [0.4, 0.5) is 18.9 Å². The van der Waals surface area contributed by atoms with Crippen LogP contribution in [-0.4, -0.2) is 18.1 Å². The summed E-state index contributed by atoms with van der Waals surface area (Å²) in [7, 11) is 0. The lowest BCUT2D eigenvalue weighted by molar-refractivity contribution is -0.274. The first-order valence-electron chi connectivity index (χ1n) is 8.04. The van der Waals surface area contributed by atoms with Crippen molar-refractivity contribution < 1.29 is 22.7 Å². The van der Waals surface area contributed by atoms with E-state index in [1.807, 2.05) is 13.8 Å². The fourth-order valence-corrected chi connectivity index (χ4v) is 2.21. The minimum atomic E-state index is -4.72. The van der Waals surface area contributed by atoms with E-state index in [0.29, 0.717) is 22.8 Å². The van der Waals surface area contributed by atoms with Gasteiger partial charge in [0, 0.05) is 23.2 Å². The van der Waals surface area contributed by atoms with E-state index in [2.05, 4.69) is 20.4 Å². The number of hydrogen-bond acceptors (Lipinski definition) is 4. The molecular weight excluding hydrogens is 347 g/mol. The number of nitrogens with zero attached hydrogens (tertiary/aromatic N) is 1. The largest absolute Gasteiger partial charge is 0.573 e. The van der Waals surface area contributed by atoms with Gasteiger partial charge in [-0.2, -0.15) is 0 Å². The van der Waals surface area contributed by atoms with Gasteiger partial charge in [-0.1, -0.05) is 12.5 Å². The average Bonchev–Trinajstić information content (AvgIpc) is 2.94. The Labute approximate surface area is 149 Å². The quantitative estimate of drug-likeness (QED) is 0.805. The third-order valence-corrected chi connectivity index (χ3v) is 3.73. The van der Waals surface area contributed by atoms with E-state index in [1.165, 1.54) is 24.3 Å². The van der Waals surface area contributed by atoms with Crippen molar-refractivity contribution in [2.75, 3.05) is 5.32 Å².